The number of rotatable bonds is 0. The molecule has 0 unspecified atom stereocenters. The summed E-state index contributed by atoms with van der Waals surface area (Å²) in [6.07, 6.45) is 8.49. The third kappa shape index (κ3) is 45.7. The minimum absolute atomic E-state index is 0. The molecular weight excluding hydrogens is 854 g/mol. The fraction of sp³-hybridized carbons (Fsp3) is 0.765. The summed E-state index contributed by atoms with van der Waals surface area (Å²) in [6.45, 7) is 5.14. The van der Waals surface area contributed by atoms with E-state index in [1.54, 1.807) is 0 Å². The van der Waals surface area contributed by atoms with Gasteiger partial charge >= 0.3 is 42.1 Å². The predicted molar refractivity (Wildman–Crippen MR) is 125 cm³/mol. The monoisotopic (exact) mass is 898 g/mol. The fourth-order valence-corrected chi connectivity index (χ4v) is 1.85. The van der Waals surface area contributed by atoms with E-state index in [-0.39, 0.29) is 86.7 Å². The van der Waals surface area contributed by atoms with Gasteiger partial charge in [0.05, 0.1) is 0 Å². The molecule has 0 radical (unpaired) electrons. The van der Waals surface area contributed by atoms with Crippen LogP contribution < -0.4 is 5.32 Å². The topological polar surface area (TPSA) is 15.3 Å². The van der Waals surface area contributed by atoms with Crippen LogP contribution in [0.3, 0.4) is 0 Å². The van der Waals surface area contributed by atoms with E-state index in [1.807, 2.05) is 0 Å². The van der Waals surface area contributed by atoms with E-state index in [1.165, 1.54) is 64.7 Å². The molecule has 2 heterocycles. The van der Waals surface area contributed by atoms with Crippen molar-refractivity contribution in [2.24, 2.45) is 0 Å². The Bertz CT molecular complexity index is 114. The number of nitrogens with zero attached hydrogens (tertiary/aromatic N) is 1. The molecule has 2 fully saturated rings. The van der Waals surface area contributed by atoms with Crippen molar-refractivity contribution in [2.75, 3.05) is 33.2 Å². The number of halogens is 2. The standard InChI is InChI=1S/C6H13N.C5H11N.2CH4.4CH3.I2.2W/c1-7-5-3-2-4-6-7;1-2-4-6-5-3-1;;;;;;;1-2;;/h2-6H2,1H3;6H,1-5H2;2*1H4;4*1H3;;;/q;;;;4*-1;;2*+2. The number of piperidine rings is 2. The Kier molecular flexibility index (Phi) is 122. The molecule has 0 aliphatic carbocycles. The van der Waals surface area contributed by atoms with Crippen LogP contribution in [0, 0.1) is 29.7 Å². The van der Waals surface area contributed by atoms with E-state index in [2.05, 4.69) is 54.5 Å². The van der Waals surface area contributed by atoms with E-state index < -0.39 is 0 Å². The fourth-order valence-electron chi connectivity index (χ4n) is 1.85. The summed E-state index contributed by atoms with van der Waals surface area (Å²) in [6, 6.07) is 0. The summed E-state index contributed by atoms with van der Waals surface area (Å²) in [5, 5.41) is 3.28. The zero-order chi connectivity index (χ0) is 11.4. The van der Waals surface area contributed by atoms with Gasteiger partial charge in [0.25, 0.3) is 0 Å². The van der Waals surface area contributed by atoms with Crippen molar-refractivity contribution in [1.82, 2.24) is 10.2 Å². The van der Waals surface area contributed by atoms with E-state index in [0.717, 1.165) is 0 Å². The quantitative estimate of drug-likeness (QED) is 0.215. The van der Waals surface area contributed by atoms with Gasteiger partial charge in [0, 0.05) is 37.2 Å². The minimum Gasteiger partial charge on any atom is -0.358 e. The van der Waals surface area contributed by atoms with Crippen LogP contribution in [0.1, 0.15) is 53.4 Å². The molecule has 2 saturated heterocycles. The van der Waals surface area contributed by atoms with Gasteiger partial charge in [-0.15, -0.1) is 0 Å². The average Bonchev–Trinajstić information content (AvgIpc) is 2.36. The molecule has 0 bridgehead atoms. The first-order valence-corrected chi connectivity index (χ1v) is 12.2. The van der Waals surface area contributed by atoms with Crippen LogP contribution in [0.15, 0.2) is 0 Å². The van der Waals surface area contributed by atoms with Gasteiger partial charge in [-0.05, 0) is 58.9 Å². The van der Waals surface area contributed by atoms with Crippen LogP contribution >= 0.6 is 37.2 Å². The van der Waals surface area contributed by atoms with E-state index in [4.69, 9.17) is 0 Å². The second-order valence-electron chi connectivity index (χ2n) is 4.17. The van der Waals surface area contributed by atoms with E-state index in [0.29, 0.717) is 0 Å². The Labute approximate surface area is 203 Å². The maximum Gasteiger partial charge on any atom is 2.00 e. The Morgan fingerprint density at radius 3 is 1.09 bits per heavy atom. The summed E-state index contributed by atoms with van der Waals surface area (Å²) >= 11 is 4.24. The van der Waals surface area contributed by atoms with Crippen LogP contribution in [0.2, 0.25) is 0 Å². The molecule has 23 heavy (non-hydrogen) atoms. The molecule has 2 nitrogen and oxygen atoms in total. The second-order valence-corrected chi connectivity index (χ2v) is 4.17. The van der Waals surface area contributed by atoms with Gasteiger partial charge < -0.3 is 39.9 Å². The van der Waals surface area contributed by atoms with Gasteiger partial charge in [-0.2, -0.15) is 0 Å². The zero-order valence-corrected chi connectivity index (χ0v) is 24.8. The maximum absolute atomic E-state index is 3.28. The largest absolute Gasteiger partial charge is 2.00 e. The molecular formula is C17H44I2N2W2. The molecule has 6 heteroatoms. The third-order valence-corrected chi connectivity index (χ3v) is 2.79. The number of hydrogen-bond donors (Lipinski definition) is 1. The molecule has 0 atom stereocenters. The van der Waals surface area contributed by atoms with Gasteiger partial charge in [-0.3, -0.25) is 0 Å². The summed E-state index contributed by atoms with van der Waals surface area (Å²) < 4.78 is 0. The Hall–Kier alpha value is 2.76. The predicted octanol–water partition coefficient (Wildman–Crippen LogP) is 6.70. The molecule has 0 aromatic carbocycles. The first-order valence-electron chi connectivity index (χ1n) is 5.93. The maximum atomic E-state index is 3.28. The summed E-state index contributed by atoms with van der Waals surface area (Å²) in [4.78, 5) is 2.39. The molecule has 2 rings (SSSR count). The van der Waals surface area contributed by atoms with Crippen molar-refractivity contribution in [1.29, 1.82) is 0 Å². The Balaban J connectivity index is -0.0000000168. The first-order chi connectivity index (χ1) is 7.39. The van der Waals surface area contributed by atoms with Crippen molar-refractivity contribution in [3.8, 4) is 0 Å². The van der Waals surface area contributed by atoms with Crippen molar-refractivity contribution in [2.45, 2.75) is 53.4 Å². The summed E-state index contributed by atoms with van der Waals surface area (Å²) in [5.74, 6) is 0. The Morgan fingerprint density at radius 2 is 0.957 bits per heavy atom. The van der Waals surface area contributed by atoms with Crippen molar-refractivity contribution in [3.05, 3.63) is 29.7 Å². The minimum atomic E-state index is 0. The molecule has 2 aliphatic heterocycles. The van der Waals surface area contributed by atoms with E-state index in [9.17, 15) is 0 Å². The van der Waals surface area contributed by atoms with E-state index >= 15 is 0 Å². The average molecular weight is 898 g/mol. The molecule has 148 valence electrons. The summed E-state index contributed by atoms with van der Waals surface area (Å²) in [5.41, 5.74) is 0. The Morgan fingerprint density at radius 1 is 0.652 bits per heavy atom. The smallest absolute Gasteiger partial charge is 0.358 e. The second kappa shape index (κ2) is 49.8. The van der Waals surface area contributed by atoms with Crippen LogP contribution in [-0.4, -0.2) is 38.1 Å². The summed E-state index contributed by atoms with van der Waals surface area (Å²) in [7, 11) is 2.19. The van der Waals surface area contributed by atoms with Gasteiger partial charge in [0.15, 0.2) is 0 Å². The molecule has 0 spiro atoms. The molecule has 0 saturated carbocycles. The van der Waals surface area contributed by atoms with Crippen molar-refractivity contribution in [3.63, 3.8) is 0 Å². The first kappa shape index (κ1) is 56.2. The van der Waals surface area contributed by atoms with Gasteiger partial charge in [0.1, 0.15) is 0 Å². The molecule has 0 aromatic heterocycles. The number of likely N-dealkylation sites (tertiary alicyclic amines) is 1. The normalized spacial score (nSPS) is 14.2. The van der Waals surface area contributed by atoms with Gasteiger partial charge in [-0.25, -0.2) is 0 Å². The zero-order valence-electron chi connectivity index (χ0n) is 14.6. The van der Waals surface area contributed by atoms with Crippen LogP contribution in [0.5, 0.6) is 0 Å². The number of nitrogens with one attached hydrogen (secondary N) is 1. The van der Waals surface area contributed by atoms with Crippen LogP contribution in [-0.2, 0) is 42.1 Å². The van der Waals surface area contributed by atoms with Crippen molar-refractivity contribution < 1.29 is 42.1 Å². The van der Waals surface area contributed by atoms with Crippen LogP contribution in [0.4, 0.5) is 0 Å². The molecule has 1 N–H and O–H groups in total. The van der Waals surface area contributed by atoms with Crippen molar-refractivity contribution >= 4 is 37.2 Å². The SMILES string of the molecule is C.C.C1CCNCC1.CN1CCCCC1.II.[CH3-].[CH3-].[CH3-].[CH3-].[W+2].[W+2]. The number of hydrogen-bond acceptors (Lipinski definition) is 2. The molecule has 0 amide bonds. The van der Waals surface area contributed by atoms with Crippen LogP contribution in [0.25, 0.3) is 0 Å². The molecule has 2 aliphatic rings. The molecule has 0 aromatic rings. The third-order valence-electron chi connectivity index (χ3n) is 2.79. The van der Waals surface area contributed by atoms with Gasteiger partial charge in [0.2, 0.25) is 0 Å². The van der Waals surface area contributed by atoms with Gasteiger partial charge in [-0.1, -0.05) is 27.7 Å².